The number of carboxylic acid groups (broad SMARTS) is 1. The number of esters is 1. The van der Waals surface area contributed by atoms with Crippen LogP contribution in [0.4, 0.5) is 4.39 Å². The number of carbonyl (C=O) groups excluding carboxylic acids is 2. The number of likely N-dealkylation sites (tertiary alicyclic amines) is 1. The Morgan fingerprint density at radius 1 is 0.966 bits per heavy atom. The fourth-order valence-corrected chi connectivity index (χ4v) is 15.3. The van der Waals surface area contributed by atoms with Crippen molar-refractivity contribution in [1.29, 1.82) is 0 Å². The standard InChI is InChI=1S/C50H70FN3O5/c1-29(2)32-17-22-50(43(56)54-25-11-12-36(54)42-52-28-35(53-42)31-14-13-30(3)34(51)26-31)24-23-48(9)33(41(32)50)15-16-38-47(8)20-19-39(59-40(55)27-45(4,5)44(57)58)46(6,7)37(47)18-21-49(38,48)10/h13-14,26,28,32-33,36-39,41H,1,11-12,15-25,27H2,2-10H3,(H,52,53)(H,57,58)/t32-,33+,36-,37-,38+,39-,41+,47-,48+,49+,50-/m0/s1. The highest BCUT2D eigenvalue weighted by atomic mass is 19.1. The van der Waals surface area contributed by atoms with Crippen LogP contribution in [-0.4, -0.2) is 50.5 Å². The number of halogens is 1. The van der Waals surface area contributed by atoms with Crippen LogP contribution >= 0.6 is 0 Å². The Labute approximate surface area is 351 Å². The number of aromatic amines is 1. The zero-order chi connectivity index (χ0) is 42.7. The van der Waals surface area contributed by atoms with Crippen LogP contribution in [0.15, 0.2) is 36.5 Å². The average molecular weight is 812 g/mol. The van der Waals surface area contributed by atoms with Gasteiger partial charge in [0.15, 0.2) is 0 Å². The molecule has 2 N–H and O–H groups in total. The monoisotopic (exact) mass is 812 g/mol. The summed E-state index contributed by atoms with van der Waals surface area (Å²) in [4.78, 5) is 51.0. The molecule has 1 amide bonds. The summed E-state index contributed by atoms with van der Waals surface area (Å²) in [5, 5.41) is 9.66. The maximum Gasteiger partial charge on any atom is 0.309 e. The van der Waals surface area contributed by atoms with Crippen LogP contribution in [0.1, 0.15) is 156 Å². The van der Waals surface area contributed by atoms with E-state index in [2.05, 4.69) is 58.0 Å². The zero-order valence-electron chi connectivity index (χ0n) is 37.3. The van der Waals surface area contributed by atoms with Gasteiger partial charge in [-0.2, -0.15) is 0 Å². The number of H-pyrrole nitrogens is 1. The van der Waals surface area contributed by atoms with Crippen LogP contribution < -0.4 is 0 Å². The van der Waals surface area contributed by atoms with Gasteiger partial charge in [-0.3, -0.25) is 14.4 Å². The molecule has 9 heteroatoms. The summed E-state index contributed by atoms with van der Waals surface area (Å²) in [6.45, 7) is 24.8. The number of rotatable bonds is 8. The normalized spacial score (nSPS) is 38.7. The van der Waals surface area contributed by atoms with E-state index in [9.17, 15) is 19.1 Å². The maximum absolute atomic E-state index is 15.5. The van der Waals surface area contributed by atoms with E-state index < -0.39 is 22.8 Å². The lowest BCUT2D eigenvalue weighted by atomic mass is 9.32. The van der Waals surface area contributed by atoms with Crippen molar-refractivity contribution in [3.8, 4) is 11.3 Å². The highest BCUT2D eigenvalue weighted by molar-refractivity contribution is 5.85. The lowest BCUT2D eigenvalue weighted by Crippen LogP contribution is -2.67. The van der Waals surface area contributed by atoms with Crippen molar-refractivity contribution in [2.45, 2.75) is 158 Å². The van der Waals surface area contributed by atoms with Crippen molar-refractivity contribution in [3.63, 3.8) is 0 Å². The summed E-state index contributed by atoms with van der Waals surface area (Å²) in [5.74, 6) is 1.36. The molecule has 2 aromatic rings. The highest BCUT2D eigenvalue weighted by Gasteiger charge is 2.72. The molecule has 8 nitrogen and oxygen atoms in total. The lowest BCUT2D eigenvalue weighted by molar-refractivity contribution is -0.250. The molecule has 2 heterocycles. The van der Waals surface area contributed by atoms with E-state index in [0.29, 0.717) is 35.1 Å². The van der Waals surface area contributed by atoms with Gasteiger partial charge in [0.25, 0.3) is 0 Å². The Bertz CT molecular complexity index is 2040. The molecular weight excluding hydrogens is 742 g/mol. The van der Waals surface area contributed by atoms with E-state index in [4.69, 9.17) is 9.72 Å². The molecule has 11 atom stereocenters. The summed E-state index contributed by atoms with van der Waals surface area (Å²) in [6, 6.07) is 5.15. The largest absolute Gasteiger partial charge is 0.481 e. The first kappa shape index (κ1) is 42.2. The number of benzene rings is 1. The quantitative estimate of drug-likeness (QED) is 0.203. The molecule has 1 aliphatic heterocycles. The van der Waals surface area contributed by atoms with E-state index in [1.54, 1.807) is 39.1 Å². The third-order valence-corrected chi connectivity index (χ3v) is 18.8. The van der Waals surface area contributed by atoms with Gasteiger partial charge in [0.05, 0.1) is 35.2 Å². The third-order valence-electron chi connectivity index (χ3n) is 18.8. The second kappa shape index (κ2) is 14.3. The summed E-state index contributed by atoms with van der Waals surface area (Å²) in [7, 11) is 0. The molecule has 322 valence electrons. The van der Waals surface area contributed by atoms with E-state index >= 15 is 4.79 Å². The smallest absolute Gasteiger partial charge is 0.309 e. The van der Waals surface area contributed by atoms with Gasteiger partial charge < -0.3 is 19.7 Å². The number of carboxylic acids is 1. The summed E-state index contributed by atoms with van der Waals surface area (Å²) < 4.78 is 20.7. The molecule has 5 saturated carbocycles. The Hall–Kier alpha value is -3.49. The van der Waals surface area contributed by atoms with Crippen molar-refractivity contribution in [1.82, 2.24) is 14.9 Å². The van der Waals surface area contributed by atoms with Crippen molar-refractivity contribution < 1.29 is 28.6 Å². The molecule has 59 heavy (non-hydrogen) atoms. The van der Waals surface area contributed by atoms with Gasteiger partial charge in [-0.1, -0.05) is 58.9 Å². The number of imidazole rings is 1. The third kappa shape index (κ3) is 6.30. The summed E-state index contributed by atoms with van der Waals surface area (Å²) in [6.07, 6.45) is 13.3. The molecule has 0 radical (unpaired) electrons. The number of hydrogen-bond acceptors (Lipinski definition) is 5. The molecule has 0 spiro atoms. The number of aromatic nitrogens is 2. The molecule has 6 fully saturated rings. The van der Waals surface area contributed by atoms with Gasteiger partial charge in [-0.15, -0.1) is 0 Å². The van der Waals surface area contributed by atoms with Gasteiger partial charge in [-0.05, 0) is 162 Å². The minimum Gasteiger partial charge on any atom is -0.481 e. The predicted octanol–water partition coefficient (Wildman–Crippen LogP) is 11.3. The zero-order valence-corrected chi connectivity index (χ0v) is 37.3. The number of allylic oxidation sites excluding steroid dienone is 1. The van der Waals surface area contributed by atoms with Gasteiger partial charge in [0.1, 0.15) is 17.7 Å². The van der Waals surface area contributed by atoms with Gasteiger partial charge >= 0.3 is 11.9 Å². The first-order chi connectivity index (χ1) is 27.6. The lowest BCUT2D eigenvalue weighted by Gasteiger charge is -2.73. The molecule has 0 unspecified atom stereocenters. The number of fused-ring (bicyclic) bond motifs is 7. The molecule has 8 rings (SSSR count). The Morgan fingerprint density at radius 3 is 2.41 bits per heavy atom. The Balaban J connectivity index is 1.05. The van der Waals surface area contributed by atoms with Crippen LogP contribution in [0, 0.1) is 74.8 Å². The molecule has 1 saturated heterocycles. The first-order valence-corrected chi connectivity index (χ1v) is 22.8. The Morgan fingerprint density at radius 2 is 1.71 bits per heavy atom. The molecule has 1 aromatic carbocycles. The SMILES string of the molecule is C=C(C)[C@@H]1CC[C@]2(C(=O)N3CCC[C@H]3c3ncc(-c4ccc(C)c(F)c4)[nH]3)CC[C@]3(C)[C@H](CC[C@@H]4[C@@]5(C)CC[C@H](OC(=O)CC(C)(C)C(=O)O)C(C)(C)[C@@H]5CC[C@]43C)[C@@H]12. The number of ether oxygens (including phenoxy) is 1. The fourth-order valence-electron chi connectivity index (χ4n) is 15.3. The topological polar surface area (TPSA) is 113 Å². The van der Waals surface area contributed by atoms with Gasteiger partial charge in [-0.25, -0.2) is 9.37 Å². The van der Waals surface area contributed by atoms with Gasteiger partial charge in [0, 0.05) is 17.5 Å². The minimum absolute atomic E-state index is 0.0654. The predicted molar refractivity (Wildman–Crippen MR) is 227 cm³/mol. The number of hydrogen-bond donors (Lipinski definition) is 2. The molecule has 6 aliphatic rings. The van der Waals surface area contributed by atoms with E-state index in [1.165, 1.54) is 5.57 Å². The second-order valence-electron chi connectivity index (χ2n) is 22.3. The van der Waals surface area contributed by atoms with Crippen molar-refractivity contribution >= 4 is 17.8 Å². The molecule has 0 bridgehead atoms. The van der Waals surface area contributed by atoms with Crippen LogP contribution in [0.5, 0.6) is 0 Å². The number of nitrogens with one attached hydrogen (secondary N) is 1. The number of amides is 1. The number of aliphatic carboxylic acids is 1. The van der Waals surface area contributed by atoms with Crippen LogP contribution in [-0.2, 0) is 19.1 Å². The number of carbonyl (C=O) groups is 3. The van der Waals surface area contributed by atoms with Crippen LogP contribution in [0.3, 0.4) is 0 Å². The summed E-state index contributed by atoms with van der Waals surface area (Å²) in [5.41, 5.74) is 1.78. The van der Waals surface area contributed by atoms with E-state index in [1.807, 2.05) is 6.07 Å². The summed E-state index contributed by atoms with van der Waals surface area (Å²) >= 11 is 0. The molecule has 1 aromatic heterocycles. The second-order valence-corrected chi connectivity index (χ2v) is 22.3. The van der Waals surface area contributed by atoms with Crippen molar-refractivity contribution in [2.75, 3.05) is 6.54 Å². The highest BCUT2D eigenvalue weighted by Crippen LogP contribution is 2.78. The van der Waals surface area contributed by atoms with Gasteiger partial charge in [0.2, 0.25) is 5.91 Å². The maximum atomic E-state index is 15.5. The Kier molecular flexibility index (Phi) is 10.2. The average Bonchev–Trinajstić information content (AvgIpc) is 3.93. The van der Waals surface area contributed by atoms with Crippen molar-refractivity contribution in [3.05, 3.63) is 53.8 Å². The van der Waals surface area contributed by atoms with Crippen molar-refractivity contribution in [2.24, 2.45) is 62.1 Å². The fraction of sp³-hybridized carbons (Fsp3) is 0.720. The van der Waals surface area contributed by atoms with Crippen LogP contribution in [0.2, 0.25) is 0 Å². The first-order valence-electron chi connectivity index (χ1n) is 22.8. The number of nitrogens with zero attached hydrogens (tertiary/aromatic N) is 2. The van der Waals surface area contributed by atoms with E-state index in [-0.39, 0.29) is 52.0 Å². The molecule has 5 aliphatic carbocycles. The van der Waals surface area contributed by atoms with Crippen LogP contribution in [0.25, 0.3) is 11.3 Å². The number of aryl methyl sites for hydroxylation is 1. The van der Waals surface area contributed by atoms with E-state index in [0.717, 1.165) is 101 Å². The molecular formula is C50H70FN3O5. The minimum atomic E-state index is -1.17.